The van der Waals surface area contributed by atoms with E-state index in [0.717, 1.165) is 11.3 Å². The van der Waals surface area contributed by atoms with Crippen LogP contribution in [0.15, 0.2) is 51.8 Å². The lowest BCUT2D eigenvalue weighted by Gasteiger charge is -2.04. The molecule has 2 aromatic carbocycles. The zero-order valence-electron chi connectivity index (χ0n) is 14.2. The summed E-state index contributed by atoms with van der Waals surface area (Å²) in [6.45, 7) is 4.17. The number of rotatable bonds is 6. The molecule has 0 fully saturated rings. The highest BCUT2D eigenvalue weighted by Crippen LogP contribution is 2.33. The largest absolute Gasteiger partial charge is 0.508 e. The van der Waals surface area contributed by atoms with Crippen LogP contribution < -0.4 is 0 Å². The number of carbonyl (C=O) groups is 1. The Kier molecular flexibility index (Phi) is 5.34. The third-order valence-electron chi connectivity index (χ3n) is 3.93. The van der Waals surface area contributed by atoms with Gasteiger partial charge in [0.1, 0.15) is 22.7 Å². The molecule has 3 rings (SSSR count). The number of carbonyl (C=O) groups excluding carboxylic acids is 1. The third kappa shape index (κ3) is 3.82. The number of aryl methyl sites for hydroxylation is 1. The first-order valence-corrected chi connectivity index (χ1v) is 9.24. The zero-order valence-corrected chi connectivity index (χ0v) is 15.1. The zero-order chi connectivity index (χ0) is 17.8. The highest BCUT2D eigenvalue weighted by molar-refractivity contribution is 7.98. The topological polar surface area (TPSA) is 59.7 Å². The van der Waals surface area contributed by atoms with Crippen molar-refractivity contribution < 1.29 is 19.1 Å². The van der Waals surface area contributed by atoms with E-state index in [1.807, 2.05) is 0 Å². The van der Waals surface area contributed by atoms with Crippen molar-refractivity contribution in [3.63, 3.8) is 0 Å². The van der Waals surface area contributed by atoms with E-state index in [9.17, 15) is 9.90 Å². The van der Waals surface area contributed by atoms with E-state index in [-0.39, 0.29) is 12.4 Å². The molecular weight excluding hydrogens is 336 g/mol. The van der Waals surface area contributed by atoms with E-state index in [4.69, 9.17) is 9.15 Å². The summed E-state index contributed by atoms with van der Waals surface area (Å²) in [6.07, 6.45) is 1.00. The highest BCUT2D eigenvalue weighted by Gasteiger charge is 2.22. The number of benzene rings is 2. The number of esters is 1. The molecule has 0 unspecified atom stereocenters. The van der Waals surface area contributed by atoms with Crippen molar-refractivity contribution in [1.82, 2.24) is 0 Å². The summed E-state index contributed by atoms with van der Waals surface area (Å²) >= 11 is 1.60. The predicted molar refractivity (Wildman–Crippen MR) is 99.2 cm³/mol. The van der Waals surface area contributed by atoms with Crippen LogP contribution in [0.25, 0.3) is 11.0 Å². The predicted octanol–water partition coefficient (Wildman–Crippen LogP) is 5.17. The summed E-state index contributed by atoms with van der Waals surface area (Å²) in [4.78, 5) is 13.5. The van der Waals surface area contributed by atoms with Crippen LogP contribution in [-0.4, -0.2) is 17.7 Å². The molecule has 130 valence electrons. The Hall–Kier alpha value is -2.40. The van der Waals surface area contributed by atoms with E-state index in [2.05, 4.69) is 31.2 Å². The van der Waals surface area contributed by atoms with Gasteiger partial charge in [-0.05, 0) is 49.2 Å². The minimum absolute atomic E-state index is 0.0909. The minimum atomic E-state index is -0.427. The number of hydrogen-bond donors (Lipinski definition) is 1. The molecule has 0 saturated carbocycles. The molecular formula is C20H20O4S. The maximum atomic E-state index is 12.4. The number of furan rings is 1. The molecule has 0 amide bonds. The Bertz CT molecular complexity index is 881. The van der Waals surface area contributed by atoms with Gasteiger partial charge < -0.3 is 14.3 Å². The van der Waals surface area contributed by atoms with Gasteiger partial charge in [-0.25, -0.2) is 4.79 Å². The van der Waals surface area contributed by atoms with Crippen LogP contribution in [0.2, 0.25) is 0 Å². The van der Waals surface area contributed by atoms with Crippen LogP contribution in [-0.2, 0) is 16.9 Å². The lowest BCUT2D eigenvalue weighted by molar-refractivity contribution is 0.0526. The van der Waals surface area contributed by atoms with Gasteiger partial charge in [0.05, 0.1) is 12.4 Å². The number of hydrogen-bond acceptors (Lipinski definition) is 5. The Morgan fingerprint density at radius 3 is 2.60 bits per heavy atom. The summed E-state index contributed by atoms with van der Waals surface area (Å²) in [6, 6.07) is 13.1. The number of aromatic hydroxyl groups is 1. The van der Waals surface area contributed by atoms with E-state index in [1.165, 1.54) is 11.6 Å². The first-order valence-electron chi connectivity index (χ1n) is 8.25. The summed E-state index contributed by atoms with van der Waals surface area (Å²) < 4.78 is 11.0. The van der Waals surface area contributed by atoms with Crippen molar-refractivity contribution in [2.24, 2.45) is 0 Å². The molecule has 0 aliphatic rings. The molecule has 0 aliphatic heterocycles. The Morgan fingerprint density at radius 1 is 1.16 bits per heavy atom. The monoisotopic (exact) mass is 356 g/mol. The third-order valence-corrected chi connectivity index (χ3v) is 4.94. The van der Waals surface area contributed by atoms with Crippen LogP contribution in [0.1, 0.15) is 35.5 Å². The van der Waals surface area contributed by atoms with Crippen molar-refractivity contribution in [3.8, 4) is 5.75 Å². The standard InChI is InChI=1S/C20H20O4S/c1-3-13-5-8-15(9-6-13)25-12-18-19(20(22)23-4-2)16-11-14(21)7-10-17(16)24-18/h5-11,21H,3-4,12H2,1-2H3. The van der Waals surface area contributed by atoms with Crippen molar-refractivity contribution in [2.75, 3.05) is 6.61 Å². The average Bonchev–Trinajstić information content (AvgIpc) is 2.98. The van der Waals surface area contributed by atoms with Crippen molar-refractivity contribution in [3.05, 3.63) is 59.4 Å². The molecule has 0 aliphatic carbocycles. The lowest BCUT2D eigenvalue weighted by Crippen LogP contribution is -2.06. The van der Waals surface area contributed by atoms with E-state index < -0.39 is 5.97 Å². The van der Waals surface area contributed by atoms with Crippen LogP contribution >= 0.6 is 11.8 Å². The fourth-order valence-corrected chi connectivity index (χ4v) is 3.46. The van der Waals surface area contributed by atoms with Crippen molar-refractivity contribution in [2.45, 2.75) is 30.9 Å². The fourth-order valence-electron chi connectivity index (χ4n) is 2.64. The molecule has 3 aromatic rings. The second-order valence-electron chi connectivity index (χ2n) is 5.59. The number of fused-ring (bicyclic) bond motifs is 1. The van der Waals surface area contributed by atoms with Gasteiger partial charge in [-0.15, -0.1) is 11.8 Å². The van der Waals surface area contributed by atoms with Crippen LogP contribution in [0.4, 0.5) is 0 Å². The van der Waals surface area contributed by atoms with Crippen LogP contribution in [0.3, 0.4) is 0 Å². The van der Waals surface area contributed by atoms with E-state index in [0.29, 0.717) is 28.0 Å². The van der Waals surface area contributed by atoms with E-state index >= 15 is 0 Å². The Balaban J connectivity index is 1.91. The molecule has 25 heavy (non-hydrogen) atoms. The molecule has 1 N–H and O–H groups in total. The maximum absolute atomic E-state index is 12.4. The summed E-state index contributed by atoms with van der Waals surface area (Å²) in [7, 11) is 0. The minimum Gasteiger partial charge on any atom is -0.508 e. The number of thioether (sulfide) groups is 1. The normalized spacial score (nSPS) is 11.0. The van der Waals surface area contributed by atoms with Crippen LogP contribution in [0.5, 0.6) is 5.75 Å². The Morgan fingerprint density at radius 2 is 1.92 bits per heavy atom. The molecule has 0 atom stereocenters. The summed E-state index contributed by atoms with van der Waals surface area (Å²) in [5.74, 6) is 0.732. The van der Waals surface area contributed by atoms with Gasteiger partial charge in [0.15, 0.2) is 0 Å². The van der Waals surface area contributed by atoms with Crippen molar-refractivity contribution >= 4 is 28.7 Å². The highest BCUT2D eigenvalue weighted by atomic mass is 32.2. The molecule has 0 radical (unpaired) electrons. The number of ether oxygens (including phenoxy) is 1. The molecule has 1 heterocycles. The number of phenolic OH excluding ortho intramolecular Hbond substituents is 1. The molecule has 4 nitrogen and oxygen atoms in total. The second kappa shape index (κ2) is 7.66. The average molecular weight is 356 g/mol. The van der Waals surface area contributed by atoms with Gasteiger partial charge >= 0.3 is 5.97 Å². The Labute approximate surface area is 150 Å². The van der Waals surface area contributed by atoms with E-state index in [1.54, 1.807) is 30.8 Å². The van der Waals surface area contributed by atoms with Crippen molar-refractivity contribution in [1.29, 1.82) is 0 Å². The summed E-state index contributed by atoms with van der Waals surface area (Å²) in [5, 5.41) is 10.3. The quantitative estimate of drug-likeness (QED) is 0.488. The van der Waals surface area contributed by atoms with Gasteiger partial charge in [0, 0.05) is 10.3 Å². The second-order valence-corrected chi connectivity index (χ2v) is 6.64. The van der Waals surface area contributed by atoms with Gasteiger partial charge in [-0.1, -0.05) is 19.1 Å². The van der Waals surface area contributed by atoms with Gasteiger partial charge in [0.2, 0.25) is 0 Å². The van der Waals surface area contributed by atoms with Gasteiger partial charge in [-0.3, -0.25) is 0 Å². The molecule has 0 spiro atoms. The molecule has 0 bridgehead atoms. The first kappa shape index (κ1) is 17.4. The maximum Gasteiger partial charge on any atom is 0.342 e. The lowest BCUT2D eigenvalue weighted by atomic mass is 10.1. The number of phenols is 1. The summed E-state index contributed by atoms with van der Waals surface area (Å²) in [5.41, 5.74) is 2.25. The van der Waals surface area contributed by atoms with Gasteiger partial charge in [0.25, 0.3) is 0 Å². The molecule has 0 saturated heterocycles. The smallest absolute Gasteiger partial charge is 0.342 e. The van der Waals surface area contributed by atoms with Gasteiger partial charge in [-0.2, -0.15) is 0 Å². The molecule has 5 heteroatoms. The fraction of sp³-hybridized carbons (Fsp3) is 0.250. The SMILES string of the molecule is CCOC(=O)c1c(CSc2ccc(CC)cc2)oc2ccc(O)cc12. The molecule has 1 aromatic heterocycles. The first-order chi connectivity index (χ1) is 12.1. The van der Waals surface area contributed by atoms with Crippen LogP contribution in [0, 0.1) is 0 Å².